The van der Waals surface area contributed by atoms with E-state index in [1.165, 1.54) is 0 Å². The van der Waals surface area contributed by atoms with Crippen LogP contribution in [0, 0.1) is 0 Å². The molecule has 0 N–H and O–H groups in total. The summed E-state index contributed by atoms with van der Waals surface area (Å²) in [7, 11) is 4.18. The molecular weight excluding hydrogens is 230 g/mol. The first kappa shape index (κ1) is 13.5. The highest BCUT2D eigenvalue weighted by Crippen LogP contribution is 2.14. The molecule has 0 saturated carbocycles. The van der Waals surface area contributed by atoms with Crippen molar-refractivity contribution in [3.63, 3.8) is 0 Å². The number of carbonyl (C=O) groups excluding carboxylic acids is 2. The molecule has 2 saturated heterocycles. The maximum Gasteiger partial charge on any atom is 0.236 e. The van der Waals surface area contributed by atoms with Gasteiger partial charge in [0, 0.05) is 45.1 Å². The number of hydrogen-bond acceptors (Lipinski definition) is 4. The third kappa shape index (κ3) is 3.29. The van der Waals surface area contributed by atoms with E-state index < -0.39 is 0 Å². The number of piperidine rings is 1. The monoisotopic (exact) mass is 253 g/mol. The fourth-order valence-corrected chi connectivity index (χ4v) is 2.67. The Kier molecular flexibility index (Phi) is 4.35. The Morgan fingerprint density at radius 1 is 1.28 bits per heavy atom. The van der Waals surface area contributed by atoms with Crippen LogP contribution >= 0.6 is 0 Å². The number of ketones is 1. The smallest absolute Gasteiger partial charge is 0.236 e. The molecule has 0 bridgehead atoms. The number of amides is 1. The summed E-state index contributed by atoms with van der Waals surface area (Å²) in [6.45, 7) is 3.72. The second kappa shape index (κ2) is 5.80. The number of likely N-dealkylation sites (tertiary alicyclic amines) is 2. The van der Waals surface area contributed by atoms with Gasteiger partial charge in [0.05, 0.1) is 6.54 Å². The van der Waals surface area contributed by atoms with Crippen molar-refractivity contribution < 1.29 is 9.59 Å². The van der Waals surface area contributed by atoms with Crippen LogP contribution in [0.1, 0.15) is 19.3 Å². The predicted molar refractivity (Wildman–Crippen MR) is 69.4 cm³/mol. The average Bonchev–Trinajstić information content (AvgIpc) is 2.78. The summed E-state index contributed by atoms with van der Waals surface area (Å²) < 4.78 is 0. The van der Waals surface area contributed by atoms with Gasteiger partial charge in [-0.3, -0.25) is 14.5 Å². The topological polar surface area (TPSA) is 43.9 Å². The second-order valence-corrected chi connectivity index (χ2v) is 5.56. The Morgan fingerprint density at radius 2 is 1.94 bits per heavy atom. The average molecular weight is 253 g/mol. The van der Waals surface area contributed by atoms with Crippen LogP contribution in [0.15, 0.2) is 0 Å². The van der Waals surface area contributed by atoms with Crippen LogP contribution in [-0.4, -0.2) is 79.3 Å². The molecular formula is C13H23N3O2. The van der Waals surface area contributed by atoms with Crippen LogP contribution in [0.5, 0.6) is 0 Å². The van der Waals surface area contributed by atoms with Gasteiger partial charge in [0.25, 0.3) is 0 Å². The van der Waals surface area contributed by atoms with E-state index in [4.69, 9.17) is 0 Å². The molecule has 0 aromatic rings. The van der Waals surface area contributed by atoms with Crippen molar-refractivity contribution in [1.29, 1.82) is 0 Å². The van der Waals surface area contributed by atoms with Crippen molar-refractivity contribution in [1.82, 2.24) is 14.7 Å². The lowest BCUT2D eigenvalue weighted by molar-refractivity contribution is -0.135. The maximum absolute atomic E-state index is 12.1. The quantitative estimate of drug-likeness (QED) is 0.699. The number of carbonyl (C=O) groups is 2. The molecule has 1 unspecified atom stereocenters. The molecule has 2 aliphatic rings. The van der Waals surface area contributed by atoms with Crippen LogP contribution in [0.3, 0.4) is 0 Å². The van der Waals surface area contributed by atoms with E-state index >= 15 is 0 Å². The zero-order valence-corrected chi connectivity index (χ0v) is 11.4. The molecule has 2 aliphatic heterocycles. The minimum Gasteiger partial charge on any atom is -0.341 e. The fourth-order valence-electron chi connectivity index (χ4n) is 2.67. The normalized spacial score (nSPS) is 26.1. The van der Waals surface area contributed by atoms with Crippen LogP contribution in [0.4, 0.5) is 0 Å². The molecule has 0 aliphatic carbocycles. The van der Waals surface area contributed by atoms with Gasteiger partial charge in [-0.15, -0.1) is 0 Å². The number of hydrogen-bond donors (Lipinski definition) is 0. The van der Waals surface area contributed by atoms with E-state index in [1.807, 2.05) is 4.90 Å². The van der Waals surface area contributed by atoms with E-state index in [2.05, 4.69) is 23.9 Å². The summed E-state index contributed by atoms with van der Waals surface area (Å²) in [5, 5.41) is 0. The van der Waals surface area contributed by atoms with Gasteiger partial charge in [0.15, 0.2) is 0 Å². The Morgan fingerprint density at radius 3 is 2.50 bits per heavy atom. The van der Waals surface area contributed by atoms with Gasteiger partial charge in [0.1, 0.15) is 5.78 Å². The van der Waals surface area contributed by atoms with Crippen molar-refractivity contribution in [2.75, 3.05) is 46.8 Å². The number of likely N-dealkylation sites (N-methyl/N-ethyl adjacent to an activating group) is 1. The Hall–Kier alpha value is -0.940. The van der Waals surface area contributed by atoms with Crippen molar-refractivity contribution in [2.45, 2.75) is 25.3 Å². The number of rotatable bonds is 3. The summed E-state index contributed by atoms with van der Waals surface area (Å²) in [5.74, 6) is 0.467. The molecule has 1 amide bonds. The zero-order valence-electron chi connectivity index (χ0n) is 11.4. The van der Waals surface area contributed by atoms with E-state index in [0.29, 0.717) is 38.5 Å². The van der Waals surface area contributed by atoms with Gasteiger partial charge < -0.3 is 9.80 Å². The van der Waals surface area contributed by atoms with Gasteiger partial charge in [0.2, 0.25) is 5.91 Å². The molecule has 0 aromatic carbocycles. The molecule has 102 valence electrons. The first-order chi connectivity index (χ1) is 8.56. The van der Waals surface area contributed by atoms with Crippen molar-refractivity contribution in [3.05, 3.63) is 0 Å². The van der Waals surface area contributed by atoms with E-state index in [9.17, 15) is 9.59 Å². The van der Waals surface area contributed by atoms with Crippen LogP contribution in [0.25, 0.3) is 0 Å². The largest absolute Gasteiger partial charge is 0.341 e. The van der Waals surface area contributed by atoms with Gasteiger partial charge in [-0.25, -0.2) is 0 Å². The minimum atomic E-state index is 0.182. The first-order valence-corrected chi connectivity index (χ1v) is 6.74. The van der Waals surface area contributed by atoms with E-state index in [0.717, 1.165) is 19.5 Å². The van der Waals surface area contributed by atoms with E-state index in [1.54, 1.807) is 0 Å². The van der Waals surface area contributed by atoms with Crippen molar-refractivity contribution in [2.24, 2.45) is 0 Å². The highest BCUT2D eigenvalue weighted by molar-refractivity contribution is 5.84. The lowest BCUT2D eigenvalue weighted by atomic mass is 10.1. The summed E-state index contributed by atoms with van der Waals surface area (Å²) >= 11 is 0. The van der Waals surface area contributed by atoms with Crippen molar-refractivity contribution in [3.8, 4) is 0 Å². The number of Topliss-reactive ketones (excluding diaryl/α,β-unsaturated/α-hetero) is 1. The standard InChI is InChI=1S/C13H23N3O2/c1-14(2)11-3-6-15(9-11)10-13(18)16-7-4-12(17)5-8-16/h11H,3-10H2,1-2H3. The summed E-state index contributed by atoms with van der Waals surface area (Å²) in [6, 6.07) is 0.570. The predicted octanol–water partition coefficient (Wildman–Crippen LogP) is -0.186. The molecule has 5 heteroatoms. The van der Waals surface area contributed by atoms with Crippen LogP contribution < -0.4 is 0 Å². The molecule has 0 radical (unpaired) electrons. The lowest BCUT2D eigenvalue weighted by Gasteiger charge is -2.28. The Labute approximate surface area is 109 Å². The van der Waals surface area contributed by atoms with Crippen molar-refractivity contribution >= 4 is 11.7 Å². The summed E-state index contributed by atoms with van der Waals surface area (Å²) in [4.78, 5) is 29.5. The molecule has 0 spiro atoms. The van der Waals surface area contributed by atoms with Gasteiger partial charge in [-0.05, 0) is 20.5 Å². The molecule has 2 rings (SSSR count). The zero-order chi connectivity index (χ0) is 13.1. The van der Waals surface area contributed by atoms with Gasteiger partial charge in [-0.2, -0.15) is 0 Å². The highest BCUT2D eigenvalue weighted by atomic mass is 16.2. The molecule has 18 heavy (non-hydrogen) atoms. The Bertz CT molecular complexity index is 320. The van der Waals surface area contributed by atoms with E-state index in [-0.39, 0.29) is 11.7 Å². The molecule has 0 aromatic heterocycles. The maximum atomic E-state index is 12.1. The minimum absolute atomic E-state index is 0.182. The first-order valence-electron chi connectivity index (χ1n) is 6.74. The number of nitrogens with zero attached hydrogens (tertiary/aromatic N) is 3. The summed E-state index contributed by atoms with van der Waals surface area (Å²) in [5.41, 5.74) is 0. The fraction of sp³-hybridized carbons (Fsp3) is 0.846. The van der Waals surface area contributed by atoms with Gasteiger partial charge in [-0.1, -0.05) is 0 Å². The molecule has 2 heterocycles. The summed E-state index contributed by atoms with van der Waals surface area (Å²) in [6.07, 6.45) is 2.21. The lowest BCUT2D eigenvalue weighted by Crippen LogP contribution is -2.44. The molecule has 5 nitrogen and oxygen atoms in total. The second-order valence-electron chi connectivity index (χ2n) is 5.56. The van der Waals surface area contributed by atoms with Crippen LogP contribution in [-0.2, 0) is 9.59 Å². The van der Waals surface area contributed by atoms with Crippen LogP contribution in [0.2, 0.25) is 0 Å². The molecule has 1 atom stereocenters. The highest BCUT2D eigenvalue weighted by Gasteiger charge is 2.27. The SMILES string of the molecule is CN(C)C1CCN(CC(=O)N2CCC(=O)CC2)C1. The third-order valence-corrected chi connectivity index (χ3v) is 4.01. The Balaban J connectivity index is 1.76. The third-order valence-electron chi connectivity index (χ3n) is 4.01. The van der Waals surface area contributed by atoms with Gasteiger partial charge >= 0.3 is 0 Å². The molecule has 2 fully saturated rings.